The quantitative estimate of drug-likeness (QED) is 0.708. The van der Waals surface area contributed by atoms with Gasteiger partial charge < -0.3 is 10.4 Å². The first kappa shape index (κ1) is 15.6. The Bertz CT molecular complexity index is 405. The molecule has 0 amide bonds. The SMILES string of the molecule is Cc1ccncc1CCCNC(CC(C)C)C(=O)O. The smallest absolute Gasteiger partial charge is 0.320 e. The van der Waals surface area contributed by atoms with Gasteiger partial charge >= 0.3 is 5.97 Å². The summed E-state index contributed by atoms with van der Waals surface area (Å²) >= 11 is 0. The number of rotatable bonds is 8. The first-order chi connectivity index (χ1) is 9.00. The maximum absolute atomic E-state index is 11.1. The summed E-state index contributed by atoms with van der Waals surface area (Å²) in [6, 6.07) is 1.57. The van der Waals surface area contributed by atoms with E-state index in [0.717, 1.165) is 19.4 Å². The predicted octanol–water partition coefficient (Wildman–Crippen LogP) is 2.41. The summed E-state index contributed by atoms with van der Waals surface area (Å²) in [5.74, 6) is -0.375. The Morgan fingerprint density at radius 2 is 2.21 bits per heavy atom. The molecule has 0 aromatic carbocycles. The highest BCUT2D eigenvalue weighted by atomic mass is 16.4. The highest BCUT2D eigenvalue weighted by Crippen LogP contribution is 2.08. The zero-order chi connectivity index (χ0) is 14.3. The molecule has 1 aromatic rings. The van der Waals surface area contributed by atoms with Crippen LogP contribution in [0.5, 0.6) is 0 Å². The minimum absolute atomic E-state index is 0.383. The van der Waals surface area contributed by atoms with E-state index in [1.165, 1.54) is 11.1 Å². The van der Waals surface area contributed by atoms with Gasteiger partial charge in [0.25, 0.3) is 0 Å². The first-order valence-electron chi connectivity index (χ1n) is 6.86. The lowest BCUT2D eigenvalue weighted by Gasteiger charge is -2.16. The second kappa shape index (κ2) is 7.89. The Morgan fingerprint density at radius 3 is 2.79 bits per heavy atom. The summed E-state index contributed by atoms with van der Waals surface area (Å²) in [7, 11) is 0. The van der Waals surface area contributed by atoms with Crippen LogP contribution in [-0.4, -0.2) is 28.6 Å². The Kier molecular flexibility index (Phi) is 6.50. The molecular formula is C15H24N2O2. The van der Waals surface area contributed by atoms with E-state index < -0.39 is 12.0 Å². The maximum Gasteiger partial charge on any atom is 0.320 e. The van der Waals surface area contributed by atoms with Crippen LogP contribution in [0.25, 0.3) is 0 Å². The molecule has 1 rings (SSSR count). The van der Waals surface area contributed by atoms with Crippen molar-refractivity contribution in [2.24, 2.45) is 5.92 Å². The van der Waals surface area contributed by atoms with Crippen LogP contribution in [0.4, 0.5) is 0 Å². The Labute approximate surface area is 115 Å². The monoisotopic (exact) mass is 264 g/mol. The van der Waals surface area contributed by atoms with Gasteiger partial charge in [-0.3, -0.25) is 9.78 Å². The molecule has 2 N–H and O–H groups in total. The van der Waals surface area contributed by atoms with Crippen LogP contribution < -0.4 is 5.32 Å². The van der Waals surface area contributed by atoms with E-state index in [1.807, 2.05) is 26.1 Å². The van der Waals surface area contributed by atoms with Gasteiger partial charge in [-0.05, 0) is 55.8 Å². The summed E-state index contributed by atoms with van der Waals surface area (Å²) in [5, 5.41) is 12.2. The van der Waals surface area contributed by atoms with Gasteiger partial charge in [0.05, 0.1) is 0 Å². The van der Waals surface area contributed by atoms with E-state index in [4.69, 9.17) is 5.11 Å². The van der Waals surface area contributed by atoms with Gasteiger partial charge in [0.15, 0.2) is 0 Å². The van der Waals surface area contributed by atoms with Crippen molar-refractivity contribution in [3.05, 3.63) is 29.6 Å². The largest absolute Gasteiger partial charge is 0.480 e. The van der Waals surface area contributed by atoms with Crippen LogP contribution in [-0.2, 0) is 11.2 Å². The molecular weight excluding hydrogens is 240 g/mol. The molecule has 0 aliphatic rings. The topological polar surface area (TPSA) is 62.2 Å². The molecule has 1 heterocycles. The second-order valence-electron chi connectivity index (χ2n) is 5.38. The van der Waals surface area contributed by atoms with Crippen LogP contribution in [0.2, 0.25) is 0 Å². The number of aromatic nitrogens is 1. The number of hydrogen-bond donors (Lipinski definition) is 2. The zero-order valence-corrected chi connectivity index (χ0v) is 12.0. The van der Waals surface area contributed by atoms with Crippen molar-refractivity contribution in [3.63, 3.8) is 0 Å². The molecule has 4 heteroatoms. The van der Waals surface area contributed by atoms with E-state index in [9.17, 15) is 4.79 Å². The number of carboxylic acids is 1. The second-order valence-corrected chi connectivity index (χ2v) is 5.38. The van der Waals surface area contributed by atoms with Gasteiger partial charge in [-0.1, -0.05) is 13.8 Å². The average Bonchev–Trinajstić information content (AvgIpc) is 2.34. The van der Waals surface area contributed by atoms with Crippen LogP contribution >= 0.6 is 0 Å². The number of nitrogens with one attached hydrogen (secondary N) is 1. The van der Waals surface area contributed by atoms with Crippen LogP contribution in [0, 0.1) is 12.8 Å². The highest BCUT2D eigenvalue weighted by molar-refractivity contribution is 5.73. The summed E-state index contributed by atoms with van der Waals surface area (Å²) in [5.41, 5.74) is 2.48. The fraction of sp³-hybridized carbons (Fsp3) is 0.600. The number of carboxylic acid groups (broad SMARTS) is 1. The van der Waals surface area contributed by atoms with E-state index in [2.05, 4.69) is 17.2 Å². The minimum Gasteiger partial charge on any atom is -0.480 e. The Morgan fingerprint density at radius 1 is 1.47 bits per heavy atom. The summed E-state index contributed by atoms with van der Waals surface area (Å²) < 4.78 is 0. The molecule has 1 atom stereocenters. The van der Waals surface area contributed by atoms with E-state index >= 15 is 0 Å². The number of aliphatic carboxylic acids is 1. The number of pyridine rings is 1. The molecule has 0 saturated carbocycles. The molecule has 1 aromatic heterocycles. The fourth-order valence-corrected chi connectivity index (χ4v) is 2.06. The standard InChI is InChI=1S/C15H24N2O2/c1-11(2)9-14(15(18)19)17-7-4-5-13-10-16-8-6-12(13)3/h6,8,10-11,14,17H,4-5,7,9H2,1-3H3,(H,18,19). The van der Waals surface area contributed by atoms with Crippen molar-refractivity contribution in [1.29, 1.82) is 0 Å². The number of aryl methyl sites for hydroxylation is 2. The maximum atomic E-state index is 11.1. The number of nitrogens with zero attached hydrogens (tertiary/aromatic N) is 1. The average molecular weight is 264 g/mol. The van der Waals surface area contributed by atoms with Crippen LogP contribution in [0.15, 0.2) is 18.5 Å². The fourth-order valence-electron chi connectivity index (χ4n) is 2.06. The van der Waals surface area contributed by atoms with Crippen LogP contribution in [0.3, 0.4) is 0 Å². The molecule has 0 saturated heterocycles. The van der Waals surface area contributed by atoms with Gasteiger partial charge in [0.2, 0.25) is 0 Å². The Hall–Kier alpha value is -1.42. The molecule has 0 aliphatic carbocycles. The third-order valence-electron chi connectivity index (χ3n) is 3.17. The van der Waals surface area contributed by atoms with Gasteiger partial charge in [-0.25, -0.2) is 0 Å². The lowest BCUT2D eigenvalue weighted by Crippen LogP contribution is -2.38. The summed E-state index contributed by atoms with van der Waals surface area (Å²) in [6.07, 6.45) is 6.20. The molecule has 106 valence electrons. The molecule has 0 fully saturated rings. The molecule has 1 unspecified atom stereocenters. The molecule has 0 radical (unpaired) electrons. The van der Waals surface area contributed by atoms with Gasteiger partial charge in [0.1, 0.15) is 6.04 Å². The summed E-state index contributed by atoms with van der Waals surface area (Å²) in [4.78, 5) is 15.2. The van der Waals surface area contributed by atoms with Crippen molar-refractivity contribution < 1.29 is 9.90 Å². The molecule has 19 heavy (non-hydrogen) atoms. The van der Waals surface area contributed by atoms with Gasteiger partial charge in [0, 0.05) is 12.4 Å². The number of hydrogen-bond acceptors (Lipinski definition) is 3. The van der Waals surface area contributed by atoms with Crippen molar-refractivity contribution in [1.82, 2.24) is 10.3 Å². The number of carbonyl (C=O) groups is 1. The van der Waals surface area contributed by atoms with E-state index in [-0.39, 0.29) is 0 Å². The van der Waals surface area contributed by atoms with E-state index in [1.54, 1.807) is 6.20 Å². The Balaban J connectivity index is 2.33. The lowest BCUT2D eigenvalue weighted by molar-refractivity contribution is -0.139. The third kappa shape index (κ3) is 5.83. The van der Waals surface area contributed by atoms with Crippen molar-refractivity contribution >= 4 is 5.97 Å². The van der Waals surface area contributed by atoms with E-state index in [0.29, 0.717) is 12.3 Å². The predicted molar refractivity (Wildman–Crippen MR) is 76.2 cm³/mol. The van der Waals surface area contributed by atoms with Crippen molar-refractivity contribution in [3.8, 4) is 0 Å². The first-order valence-corrected chi connectivity index (χ1v) is 6.86. The normalized spacial score (nSPS) is 12.6. The molecule has 0 spiro atoms. The third-order valence-corrected chi connectivity index (χ3v) is 3.17. The van der Waals surface area contributed by atoms with Crippen molar-refractivity contribution in [2.45, 2.75) is 46.1 Å². The van der Waals surface area contributed by atoms with Gasteiger partial charge in [-0.15, -0.1) is 0 Å². The van der Waals surface area contributed by atoms with Gasteiger partial charge in [-0.2, -0.15) is 0 Å². The summed E-state index contributed by atoms with van der Waals surface area (Å²) in [6.45, 7) is 6.87. The molecule has 4 nitrogen and oxygen atoms in total. The minimum atomic E-state index is -0.758. The molecule has 0 bridgehead atoms. The van der Waals surface area contributed by atoms with Crippen LogP contribution in [0.1, 0.15) is 37.8 Å². The highest BCUT2D eigenvalue weighted by Gasteiger charge is 2.17. The molecule has 0 aliphatic heterocycles. The van der Waals surface area contributed by atoms with Crippen molar-refractivity contribution in [2.75, 3.05) is 6.54 Å². The lowest BCUT2D eigenvalue weighted by atomic mass is 10.0. The zero-order valence-electron chi connectivity index (χ0n) is 12.0.